The number of nitrogens with zero attached hydrogens (tertiary/aromatic N) is 2. The summed E-state index contributed by atoms with van der Waals surface area (Å²) in [5, 5.41) is 2.83. The number of fused-ring (bicyclic) bond motifs is 1. The highest BCUT2D eigenvalue weighted by Gasteiger charge is 2.36. The highest BCUT2D eigenvalue weighted by atomic mass is 16.5. The third-order valence-corrected chi connectivity index (χ3v) is 5.70. The molecule has 1 aromatic carbocycles. The number of benzene rings is 1. The van der Waals surface area contributed by atoms with Crippen molar-refractivity contribution in [3.63, 3.8) is 0 Å². The van der Waals surface area contributed by atoms with E-state index in [0.29, 0.717) is 38.8 Å². The molecule has 6 nitrogen and oxygen atoms in total. The van der Waals surface area contributed by atoms with Crippen LogP contribution in [0.1, 0.15) is 30.4 Å². The van der Waals surface area contributed by atoms with E-state index in [9.17, 15) is 9.59 Å². The van der Waals surface area contributed by atoms with E-state index < -0.39 is 0 Å². The molecule has 2 aliphatic heterocycles. The molecule has 3 aliphatic rings. The van der Waals surface area contributed by atoms with Gasteiger partial charge in [0.2, 0.25) is 5.91 Å². The lowest BCUT2D eigenvalue weighted by molar-refractivity contribution is -0.130. The van der Waals surface area contributed by atoms with Crippen LogP contribution in [0.15, 0.2) is 24.3 Å². The molecule has 1 aromatic rings. The van der Waals surface area contributed by atoms with Crippen LogP contribution in [-0.4, -0.2) is 54.1 Å². The first-order valence-corrected chi connectivity index (χ1v) is 9.19. The number of ether oxygens (including phenoxy) is 1. The van der Waals surface area contributed by atoms with Crippen molar-refractivity contribution in [2.45, 2.75) is 38.4 Å². The van der Waals surface area contributed by atoms with Crippen LogP contribution in [0.25, 0.3) is 0 Å². The second-order valence-electron chi connectivity index (χ2n) is 7.20. The van der Waals surface area contributed by atoms with E-state index in [0.717, 1.165) is 0 Å². The molecule has 134 valence electrons. The number of amides is 3. The van der Waals surface area contributed by atoms with E-state index in [-0.39, 0.29) is 24.5 Å². The highest BCUT2D eigenvalue weighted by molar-refractivity contribution is 5.84. The Morgan fingerprint density at radius 2 is 1.88 bits per heavy atom. The average molecular weight is 343 g/mol. The summed E-state index contributed by atoms with van der Waals surface area (Å²) >= 11 is 0. The van der Waals surface area contributed by atoms with Crippen molar-refractivity contribution in [2.75, 3.05) is 26.3 Å². The Morgan fingerprint density at radius 1 is 1.16 bits per heavy atom. The molecule has 0 bridgehead atoms. The lowest BCUT2D eigenvalue weighted by atomic mass is 9.79. The van der Waals surface area contributed by atoms with Crippen molar-refractivity contribution in [2.24, 2.45) is 5.92 Å². The Kier molecular flexibility index (Phi) is 4.61. The molecule has 1 unspecified atom stereocenters. The lowest BCUT2D eigenvalue weighted by Crippen LogP contribution is -2.57. The molecular weight excluding hydrogens is 318 g/mol. The van der Waals surface area contributed by atoms with Crippen molar-refractivity contribution >= 4 is 11.9 Å². The van der Waals surface area contributed by atoms with Crippen LogP contribution in [0.3, 0.4) is 0 Å². The van der Waals surface area contributed by atoms with Gasteiger partial charge in [-0.2, -0.15) is 0 Å². The van der Waals surface area contributed by atoms with Crippen LogP contribution < -0.4 is 5.32 Å². The molecule has 0 spiro atoms. The molecule has 2 fully saturated rings. The highest BCUT2D eigenvalue weighted by Crippen LogP contribution is 2.33. The quantitative estimate of drug-likeness (QED) is 0.909. The Morgan fingerprint density at radius 3 is 2.52 bits per heavy atom. The van der Waals surface area contributed by atoms with E-state index in [1.54, 1.807) is 4.90 Å². The predicted octanol–water partition coefficient (Wildman–Crippen LogP) is 1.74. The summed E-state index contributed by atoms with van der Waals surface area (Å²) in [6, 6.07) is 8.12. The van der Waals surface area contributed by atoms with Gasteiger partial charge in [0, 0.05) is 19.6 Å². The molecule has 1 atom stereocenters. The molecular formula is C19H25N3O3. The molecule has 4 rings (SSSR count). The molecule has 25 heavy (non-hydrogen) atoms. The summed E-state index contributed by atoms with van der Waals surface area (Å²) in [6.45, 7) is 3.12. The van der Waals surface area contributed by atoms with Crippen molar-refractivity contribution < 1.29 is 14.3 Å². The zero-order chi connectivity index (χ0) is 17.2. The molecule has 2 heterocycles. The minimum Gasteiger partial charge on any atom is -0.377 e. The van der Waals surface area contributed by atoms with Crippen LogP contribution in [0.4, 0.5) is 4.79 Å². The summed E-state index contributed by atoms with van der Waals surface area (Å²) in [5.74, 6) is 0.521. The van der Waals surface area contributed by atoms with Gasteiger partial charge in [0.15, 0.2) is 0 Å². The predicted molar refractivity (Wildman–Crippen MR) is 92.7 cm³/mol. The van der Waals surface area contributed by atoms with Gasteiger partial charge in [0.25, 0.3) is 0 Å². The summed E-state index contributed by atoms with van der Waals surface area (Å²) < 4.78 is 5.57. The first kappa shape index (κ1) is 16.4. The van der Waals surface area contributed by atoms with Gasteiger partial charge in [0.1, 0.15) is 0 Å². The van der Waals surface area contributed by atoms with Crippen LogP contribution in [-0.2, 0) is 22.6 Å². The maximum atomic E-state index is 12.6. The van der Waals surface area contributed by atoms with Crippen LogP contribution in [0.2, 0.25) is 0 Å². The first-order valence-electron chi connectivity index (χ1n) is 9.19. The summed E-state index contributed by atoms with van der Waals surface area (Å²) in [7, 11) is 0. The van der Waals surface area contributed by atoms with Gasteiger partial charge < -0.3 is 19.9 Å². The van der Waals surface area contributed by atoms with Gasteiger partial charge in [-0.15, -0.1) is 0 Å². The normalized spacial score (nSPS) is 23.1. The summed E-state index contributed by atoms with van der Waals surface area (Å²) in [6.07, 6.45) is 3.58. The van der Waals surface area contributed by atoms with Gasteiger partial charge in [-0.3, -0.25) is 4.79 Å². The maximum Gasteiger partial charge on any atom is 0.318 e. The number of carbonyl (C=O) groups excluding carboxylic acids is 2. The average Bonchev–Trinajstić information content (AvgIpc) is 3.02. The van der Waals surface area contributed by atoms with Crippen molar-refractivity contribution in [3.05, 3.63) is 35.4 Å². The third kappa shape index (κ3) is 3.35. The van der Waals surface area contributed by atoms with Crippen molar-refractivity contribution in [3.8, 4) is 0 Å². The zero-order valence-corrected chi connectivity index (χ0v) is 14.4. The van der Waals surface area contributed by atoms with E-state index in [4.69, 9.17) is 4.74 Å². The fourth-order valence-electron chi connectivity index (χ4n) is 3.96. The lowest BCUT2D eigenvalue weighted by Gasteiger charge is -2.43. The minimum absolute atomic E-state index is 0.0296. The van der Waals surface area contributed by atoms with Crippen LogP contribution in [0, 0.1) is 5.92 Å². The van der Waals surface area contributed by atoms with Gasteiger partial charge in [-0.25, -0.2) is 4.79 Å². The standard InChI is InChI=1S/C19H25N3O3/c23-18(21-11-15-4-1-2-5-16(15)12-21)10-20-19(24)22-8-9-25-13-17(22)14-6-3-7-14/h1-2,4-5,14,17H,3,6-13H2,(H,20,24). The topological polar surface area (TPSA) is 61.9 Å². The smallest absolute Gasteiger partial charge is 0.318 e. The molecule has 1 aliphatic carbocycles. The molecule has 6 heteroatoms. The molecule has 1 saturated heterocycles. The zero-order valence-electron chi connectivity index (χ0n) is 14.4. The SMILES string of the molecule is O=C(CNC(=O)N1CCOCC1C1CCC1)N1Cc2ccccc2C1. The number of hydrogen-bond acceptors (Lipinski definition) is 3. The fourth-order valence-corrected chi connectivity index (χ4v) is 3.96. The second kappa shape index (κ2) is 7.04. The number of rotatable bonds is 3. The Bertz CT molecular complexity index is 634. The monoisotopic (exact) mass is 343 g/mol. The number of urea groups is 1. The molecule has 0 aromatic heterocycles. The second-order valence-corrected chi connectivity index (χ2v) is 7.20. The summed E-state index contributed by atoms with van der Waals surface area (Å²) in [5.41, 5.74) is 2.39. The number of nitrogens with one attached hydrogen (secondary N) is 1. The van der Waals surface area contributed by atoms with Crippen LogP contribution in [0.5, 0.6) is 0 Å². The van der Waals surface area contributed by atoms with Crippen molar-refractivity contribution in [1.82, 2.24) is 15.1 Å². The van der Waals surface area contributed by atoms with Crippen LogP contribution >= 0.6 is 0 Å². The molecule has 1 saturated carbocycles. The van der Waals surface area contributed by atoms with E-state index in [2.05, 4.69) is 17.4 Å². The maximum absolute atomic E-state index is 12.6. The van der Waals surface area contributed by atoms with E-state index in [1.807, 2.05) is 17.0 Å². The Labute approximate surface area is 148 Å². The minimum atomic E-state index is -0.134. The molecule has 3 amide bonds. The van der Waals surface area contributed by atoms with Gasteiger partial charge in [0.05, 0.1) is 25.8 Å². The number of carbonyl (C=O) groups is 2. The largest absolute Gasteiger partial charge is 0.377 e. The molecule has 1 N–H and O–H groups in total. The Balaban J connectivity index is 1.30. The number of morpholine rings is 1. The fraction of sp³-hybridized carbons (Fsp3) is 0.579. The van der Waals surface area contributed by atoms with E-state index >= 15 is 0 Å². The summed E-state index contributed by atoms with van der Waals surface area (Å²) in [4.78, 5) is 28.7. The van der Waals surface area contributed by atoms with E-state index in [1.165, 1.54) is 30.4 Å². The molecule has 0 radical (unpaired) electrons. The number of hydrogen-bond donors (Lipinski definition) is 1. The van der Waals surface area contributed by atoms with Gasteiger partial charge >= 0.3 is 6.03 Å². The van der Waals surface area contributed by atoms with Crippen molar-refractivity contribution in [1.29, 1.82) is 0 Å². The Hall–Kier alpha value is -2.08. The third-order valence-electron chi connectivity index (χ3n) is 5.70. The first-order chi connectivity index (χ1) is 12.2. The van der Waals surface area contributed by atoms with Gasteiger partial charge in [-0.05, 0) is 29.9 Å². The van der Waals surface area contributed by atoms with Gasteiger partial charge in [-0.1, -0.05) is 30.7 Å².